The van der Waals surface area contributed by atoms with Crippen LogP contribution in [-0.4, -0.2) is 4.98 Å². The van der Waals surface area contributed by atoms with Crippen LogP contribution in [0.5, 0.6) is 11.5 Å². The molecule has 0 aliphatic heterocycles. The number of ether oxygens (including phenoxy) is 1. The standard InChI is InChI=1S/C16H12Cl2N2O/c17-12-5-3-7-14(16(12)18)21-15-8-10(9-19)20-13-6-2-1-4-11(13)15/h1-8H,9,19H2. The van der Waals surface area contributed by atoms with Gasteiger partial charge < -0.3 is 10.5 Å². The maximum absolute atomic E-state index is 6.17. The molecular weight excluding hydrogens is 307 g/mol. The van der Waals surface area contributed by atoms with Crippen molar-refractivity contribution in [2.24, 2.45) is 5.73 Å². The molecule has 0 saturated heterocycles. The van der Waals surface area contributed by atoms with Crippen molar-refractivity contribution in [3.63, 3.8) is 0 Å². The second-order valence-corrected chi connectivity index (χ2v) is 5.27. The Morgan fingerprint density at radius 2 is 1.81 bits per heavy atom. The number of aromatic nitrogens is 1. The second kappa shape index (κ2) is 5.90. The molecule has 0 aliphatic rings. The molecule has 3 aromatic rings. The van der Waals surface area contributed by atoms with Crippen molar-refractivity contribution in [2.45, 2.75) is 6.54 Å². The number of halogens is 2. The van der Waals surface area contributed by atoms with Gasteiger partial charge in [0.15, 0.2) is 0 Å². The van der Waals surface area contributed by atoms with Crippen LogP contribution in [0.4, 0.5) is 0 Å². The molecule has 0 radical (unpaired) electrons. The van der Waals surface area contributed by atoms with E-state index in [2.05, 4.69) is 4.98 Å². The summed E-state index contributed by atoms with van der Waals surface area (Å²) >= 11 is 12.2. The molecule has 0 bridgehead atoms. The Hall–Kier alpha value is -1.81. The summed E-state index contributed by atoms with van der Waals surface area (Å²) in [6, 6.07) is 14.8. The van der Waals surface area contributed by atoms with Crippen molar-refractivity contribution >= 4 is 34.1 Å². The van der Waals surface area contributed by atoms with Crippen molar-refractivity contribution in [1.82, 2.24) is 4.98 Å². The maximum atomic E-state index is 6.17. The minimum absolute atomic E-state index is 0.338. The third kappa shape index (κ3) is 2.81. The quantitative estimate of drug-likeness (QED) is 0.755. The topological polar surface area (TPSA) is 48.1 Å². The number of nitrogens with two attached hydrogens (primary N) is 1. The molecule has 106 valence electrons. The minimum atomic E-state index is 0.338. The molecule has 0 amide bonds. The van der Waals surface area contributed by atoms with Crippen LogP contribution < -0.4 is 10.5 Å². The van der Waals surface area contributed by atoms with Gasteiger partial charge in [-0.15, -0.1) is 0 Å². The van der Waals surface area contributed by atoms with E-state index in [0.29, 0.717) is 28.1 Å². The third-order valence-corrected chi connectivity index (χ3v) is 3.88. The number of hydrogen-bond donors (Lipinski definition) is 1. The minimum Gasteiger partial charge on any atom is -0.455 e. The number of nitrogens with zero attached hydrogens (tertiary/aromatic N) is 1. The molecule has 3 nitrogen and oxygen atoms in total. The van der Waals surface area contributed by atoms with Gasteiger partial charge in [-0.2, -0.15) is 0 Å². The van der Waals surface area contributed by atoms with Crippen molar-refractivity contribution in [1.29, 1.82) is 0 Å². The average molecular weight is 319 g/mol. The van der Waals surface area contributed by atoms with Crippen LogP contribution in [0, 0.1) is 0 Å². The fourth-order valence-corrected chi connectivity index (χ4v) is 2.40. The average Bonchev–Trinajstić information content (AvgIpc) is 2.51. The Kier molecular flexibility index (Phi) is 3.97. The van der Waals surface area contributed by atoms with Crippen LogP contribution in [0.25, 0.3) is 10.9 Å². The Morgan fingerprint density at radius 3 is 2.62 bits per heavy atom. The van der Waals surface area contributed by atoms with E-state index in [1.54, 1.807) is 18.2 Å². The monoisotopic (exact) mass is 318 g/mol. The number of para-hydroxylation sites is 1. The van der Waals surface area contributed by atoms with E-state index in [1.165, 1.54) is 0 Å². The summed E-state index contributed by atoms with van der Waals surface area (Å²) in [4.78, 5) is 4.47. The van der Waals surface area contributed by atoms with Crippen LogP contribution >= 0.6 is 23.2 Å². The fourth-order valence-electron chi connectivity index (χ4n) is 2.07. The number of hydrogen-bond acceptors (Lipinski definition) is 3. The van der Waals surface area contributed by atoms with Gasteiger partial charge in [-0.05, 0) is 24.3 Å². The van der Waals surface area contributed by atoms with Gasteiger partial charge >= 0.3 is 0 Å². The molecule has 1 aromatic heterocycles. The molecule has 2 aromatic carbocycles. The van der Waals surface area contributed by atoms with E-state index < -0.39 is 0 Å². The van der Waals surface area contributed by atoms with Gasteiger partial charge in [0, 0.05) is 18.0 Å². The van der Waals surface area contributed by atoms with E-state index in [-0.39, 0.29) is 0 Å². The molecule has 0 spiro atoms. The van der Waals surface area contributed by atoms with E-state index in [9.17, 15) is 0 Å². The highest BCUT2D eigenvalue weighted by Gasteiger charge is 2.11. The van der Waals surface area contributed by atoms with Gasteiger partial charge in [0.05, 0.1) is 16.2 Å². The number of rotatable bonds is 3. The molecule has 1 heterocycles. The summed E-state index contributed by atoms with van der Waals surface area (Å²) in [5, 5.41) is 1.73. The summed E-state index contributed by atoms with van der Waals surface area (Å²) in [7, 11) is 0. The summed E-state index contributed by atoms with van der Waals surface area (Å²) in [6.07, 6.45) is 0. The maximum Gasteiger partial charge on any atom is 0.147 e. The van der Waals surface area contributed by atoms with E-state index in [4.69, 9.17) is 33.7 Å². The lowest BCUT2D eigenvalue weighted by atomic mass is 10.2. The smallest absolute Gasteiger partial charge is 0.147 e. The van der Waals surface area contributed by atoms with Crippen molar-refractivity contribution in [3.8, 4) is 11.5 Å². The number of benzene rings is 2. The number of fused-ring (bicyclic) bond motifs is 1. The highest BCUT2D eigenvalue weighted by Crippen LogP contribution is 2.37. The van der Waals surface area contributed by atoms with Gasteiger partial charge in [-0.25, -0.2) is 0 Å². The fraction of sp³-hybridized carbons (Fsp3) is 0.0625. The van der Waals surface area contributed by atoms with Gasteiger partial charge in [0.1, 0.15) is 16.5 Å². The SMILES string of the molecule is NCc1cc(Oc2cccc(Cl)c2Cl)c2ccccc2n1. The van der Waals surface area contributed by atoms with Gasteiger partial charge in [0.2, 0.25) is 0 Å². The van der Waals surface area contributed by atoms with Gasteiger partial charge in [-0.3, -0.25) is 4.98 Å². The molecule has 0 fully saturated rings. The summed E-state index contributed by atoms with van der Waals surface area (Å²) < 4.78 is 5.93. The third-order valence-electron chi connectivity index (χ3n) is 3.08. The van der Waals surface area contributed by atoms with E-state index in [1.807, 2.05) is 30.3 Å². The summed E-state index contributed by atoms with van der Waals surface area (Å²) in [5.74, 6) is 1.16. The lowest BCUT2D eigenvalue weighted by Crippen LogP contribution is -2.00. The van der Waals surface area contributed by atoms with Crippen molar-refractivity contribution in [3.05, 3.63) is 64.3 Å². The number of pyridine rings is 1. The zero-order valence-electron chi connectivity index (χ0n) is 11.0. The molecule has 21 heavy (non-hydrogen) atoms. The lowest BCUT2D eigenvalue weighted by molar-refractivity contribution is 0.487. The second-order valence-electron chi connectivity index (χ2n) is 4.49. The molecule has 3 rings (SSSR count). The van der Waals surface area contributed by atoms with E-state index in [0.717, 1.165) is 16.6 Å². The highest BCUT2D eigenvalue weighted by molar-refractivity contribution is 6.42. The Morgan fingerprint density at radius 1 is 1.00 bits per heavy atom. The summed E-state index contributed by atoms with van der Waals surface area (Å²) in [5.41, 5.74) is 7.27. The van der Waals surface area contributed by atoms with Gasteiger partial charge in [0.25, 0.3) is 0 Å². The highest BCUT2D eigenvalue weighted by atomic mass is 35.5. The van der Waals surface area contributed by atoms with Crippen molar-refractivity contribution in [2.75, 3.05) is 0 Å². The molecule has 0 atom stereocenters. The van der Waals surface area contributed by atoms with Gasteiger partial charge in [-0.1, -0.05) is 41.4 Å². The largest absolute Gasteiger partial charge is 0.455 e. The Balaban J connectivity index is 2.13. The molecule has 0 aliphatic carbocycles. The molecule has 5 heteroatoms. The van der Waals surface area contributed by atoms with Crippen LogP contribution in [0.2, 0.25) is 10.0 Å². The Labute approximate surface area is 132 Å². The molecule has 0 saturated carbocycles. The van der Waals surface area contributed by atoms with Crippen LogP contribution in [0.1, 0.15) is 5.69 Å². The molecule has 2 N–H and O–H groups in total. The van der Waals surface area contributed by atoms with Crippen LogP contribution in [-0.2, 0) is 6.54 Å². The predicted molar refractivity (Wildman–Crippen MR) is 86.2 cm³/mol. The first-order valence-corrected chi connectivity index (χ1v) is 7.15. The molecule has 0 unspecified atom stereocenters. The normalized spacial score (nSPS) is 10.8. The summed E-state index contributed by atoms with van der Waals surface area (Å²) in [6.45, 7) is 0.338. The lowest BCUT2D eigenvalue weighted by Gasteiger charge is -2.12. The van der Waals surface area contributed by atoms with E-state index >= 15 is 0 Å². The predicted octanol–water partition coefficient (Wildman–Crippen LogP) is 4.79. The first-order chi connectivity index (χ1) is 10.2. The molecular formula is C16H12Cl2N2O. The Bertz CT molecular complexity index is 805. The van der Waals surface area contributed by atoms with Crippen LogP contribution in [0.15, 0.2) is 48.5 Å². The first-order valence-electron chi connectivity index (χ1n) is 6.39. The zero-order valence-corrected chi connectivity index (χ0v) is 12.5. The van der Waals surface area contributed by atoms with Crippen molar-refractivity contribution < 1.29 is 4.74 Å². The van der Waals surface area contributed by atoms with Crippen LogP contribution in [0.3, 0.4) is 0 Å². The zero-order chi connectivity index (χ0) is 14.8. The first kappa shape index (κ1) is 14.1.